The quantitative estimate of drug-likeness (QED) is 0.814. The maximum atomic E-state index is 12.1. The first-order chi connectivity index (χ1) is 8.98. The van der Waals surface area contributed by atoms with Gasteiger partial charge in [0.25, 0.3) is 0 Å². The minimum absolute atomic E-state index is 0.0978. The first-order valence-electron chi connectivity index (χ1n) is 7.15. The van der Waals surface area contributed by atoms with E-state index in [0.717, 1.165) is 32.4 Å². The highest BCUT2D eigenvalue weighted by Crippen LogP contribution is 2.21. The molecule has 19 heavy (non-hydrogen) atoms. The second-order valence-corrected chi connectivity index (χ2v) is 8.02. The van der Waals surface area contributed by atoms with Gasteiger partial charge in [-0.25, -0.2) is 8.42 Å². The number of nitrogens with zero attached hydrogens (tertiary/aromatic N) is 1. The van der Waals surface area contributed by atoms with E-state index in [1.807, 2.05) is 0 Å². The van der Waals surface area contributed by atoms with Crippen LogP contribution in [-0.4, -0.2) is 56.9 Å². The lowest BCUT2D eigenvalue weighted by molar-refractivity contribution is -0.131. The van der Waals surface area contributed by atoms with Crippen molar-refractivity contribution in [2.75, 3.05) is 31.6 Å². The standard InChI is InChI=1S/C13H24N2O3S/c1-15(12-6-9-19(17,18)10-12)13(16)3-2-11-4-7-14-8-5-11/h11-12,14H,2-10H2,1H3. The molecule has 0 radical (unpaired) electrons. The molecule has 6 heteroatoms. The van der Waals surface area contributed by atoms with E-state index >= 15 is 0 Å². The Bertz CT molecular complexity index is 416. The molecular weight excluding hydrogens is 264 g/mol. The van der Waals surface area contributed by atoms with E-state index in [1.165, 1.54) is 0 Å². The second-order valence-electron chi connectivity index (χ2n) is 5.79. The van der Waals surface area contributed by atoms with Gasteiger partial charge >= 0.3 is 0 Å². The van der Waals surface area contributed by atoms with Crippen LogP contribution in [0, 0.1) is 5.92 Å². The summed E-state index contributed by atoms with van der Waals surface area (Å²) in [7, 11) is -1.17. The van der Waals surface area contributed by atoms with Crippen molar-refractivity contribution in [2.24, 2.45) is 5.92 Å². The van der Waals surface area contributed by atoms with Gasteiger partial charge in [-0.15, -0.1) is 0 Å². The number of nitrogens with one attached hydrogen (secondary N) is 1. The molecule has 0 aliphatic carbocycles. The van der Waals surface area contributed by atoms with Crippen LogP contribution in [0.3, 0.4) is 0 Å². The van der Waals surface area contributed by atoms with Crippen LogP contribution in [-0.2, 0) is 14.6 Å². The molecule has 0 aromatic carbocycles. The normalized spacial score (nSPS) is 27.3. The lowest BCUT2D eigenvalue weighted by atomic mass is 9.93. The van der Waals surface area contributed by atoms with Gasteiger partial charge in [0.05, 0.1) is 11.5 Å². The van der Waals surface area contributed by atoms with Crippen molar-refractivity contribution in [3.05, 3.63) is 0 Å². The molecular formula is C13H24N2O3S. The Kier molecular flexibility index (Phi) is 4.84. The number of rotatable bonds is 4. The Balaban J connectivity index is 1.76. The van der Waals surface area contributed by atoms with Crippen molar-refractivity contribution >= 4 is 15.7 Å². The second kappa shape index (κ2) is 6.22. The maximum Gasteiger partial charge on any atom is 0.222 e. The van der Waals surface area contributed by atoms with E-state index in [9.17, 15) is 13.2 Å². The lowest BCUT2D eigenvalue weighted by Gasteiger charge is -2.26. The summed E-state index contributed by atoms with van der Waals surface area (Å²) in [6, 6.07) is -0.106. The Morgan fingerprint density at radius 3 is 2.53 bits per heavy atom. The molecule has 0 saturated carbocycles. The summed E-state index contributed by atoms with van der Waals surface area (Å²) < 4.78 is 22.9. The third-order valence-electron chi connectivity index (χ3n) is 4.37. The van der Waals surface area contributed by atoms with Gasteiger partial charge in [-0.3, -0.25) is 4.79 Å². The van der Waals surface area contributed by atoms with Crippen molar-refractivity contribution in [1.82, 2.24) is 10.2 Å². The van der Waals surface area contributed by atoms with Gasteiger partial charge in [0.15, 0.2) is 9.84 Å². The fraction of sp³-hybridized carbons (Fsp3) is 0.923. The fourth-order valence-electron chi connectivity index (χ4n) is 2.96. The maximum absolute atomic E-state index is 12.1. The molecule has 0 aromatic heterocycles. The van der Waals surface area contributed by atoms with E-state index < -0.39 is 9.84 Å². The third-order valence-corrected chi connectivity index (χ3v) is 6.13. The van der Waals surface area contributed by atoms with Gasteiger partial charge < -0.3 is 10.2 Å². The van der Waals surface area contributed by atoms with Crippen LogP contribution >= 0.6 is 0 Å². The predicted octanol–water partition coefficient (Wildman–Crippen LogP) is 0.412. The average molecular weight is 288 g/mol. The summed E-state index contributed by atoms with van der Waals surface area (Å²) in [6.45, 7) is 2.10. The molecule has 2 saturated heterocycles. The molecule has 0 spiro atoms. The Morgan fingerprint density at radius 1 is 1.26 bits per heavy atom. The number of amides is 1. The van der Waals surface area contributed by atoms with Crippen molar-refractivity contribution < 1.29 is 13.2 Å². The number of carbonyl (C=O) groups excluding carboxylic acids is 1. The van der Waals surface area contributed by atoms with E-state index in [0.29, 0.717) is 18.8 Å². The zero-order valence-electron chi connectivity index (χ0n) is 11.6. The minimum atomic E-state index is -2.91. The molecule has 110 valence electrons. The van der Waals surface area contributed by atoms with E-state index in [-0.39, 0.29) is 23.5 Å². The van der Waals surface area contributed by atoms with Crippen LogP contribution in [0.4, 0.5) is 0 Å². The molecule has 0 bridgehead atoms. The summed E-state index contributed by atoms with van der Waals surface area (Å²) in [5.74, 6) is 1.11. The molecule has 2 aliphatic rings. The largest absolute Gasteiger partial charge is 0.342 e. The smallest absolute Gasteiger partial charge is 0.222 e. The Morgan fingerprint density at radius 2 is 1.95 bits per heavy atom. The van der Waals surface area contributed by atoms with E-state index in [1.54, 1.807) is 11.9 Å². The number of carbonyl (C=O) groups is 1. The zero-order valence-corrected chi connectivity index (χ0v) is 12.4. The van der Waals surface area contributed by atoms with Gasteiger partial charge in [0.2, 0.25) is 5.91 Å². The molecule has 2 rings (SSSR count). The lowest BCUT2D eigenvalue weighted by Crippen LogP contribution is -2.38. The van der Waals surface area contributed by atoms with Gasteiger partial charge in [0, 0.05) is 19.5 Å². The first-order valence-corrected chi connectivity index (χ1v) is 8.97. The highest BCUT2D eigenvalue weighted by molar-refractivity contribution is 7.91. The number of piperidine rings is 1. The van der Waals surface area contributed by atoms with Gasteiger partial charge in [0.1, 0.15) is 0 Å². The fourth-order valence-corrected chi connectivity index (χ4v) is 4.73. The van der Waals surface area contributed by atoms with Crippen LogP contribution in [0.2, 0.25) is 0 Å². The number of hydrogen-bond donors (Lipinski definition) is 1. The van der Waals surface area contributed by atoms with Gasteiger partial charge in [-0.1, -0.05) is 0 Å². The van der Waals surface area contributed by atoms with Crippen molar-refractivity contribution in [3.63, 3.8) is 0 Å². The highest BCUT2D eigenvalue weighted by Gasteiger charge is 2.32. The van der Waals surface area contributed by atoms with E-state index in [2.05, 4.69) is 5.32 Å². The van der Waals surface area contributed by atoms with Crippen molar-refractivity contribution in [1.29, 1.82) is 0 Å². The topological polar surface area (TPSA) is 66.5 Å². The average Bonchev–Trinajstić information content (AvgIpc) is 2.76. The summed E-state index contributed by atoms with van der Waals surface area (Å²) in [5.41, 5.74) is 0. The van der Waals surface area contributed by atoms with Crippen LogP contribution in [0.5, 0.6) is 0 Å². The minimum Gasteiger partial charge on any atom is -0.342 e. The number of sulfone groups is 1. The highest BCUT2D eigenvalue weighted by atomic mass is 32.2. The number of hydrogen-bond acceptors (Lipinski definition) is 4. The van der Waals surface area contributed by atoms with E-state index in [4.69, 9.17) is 0 Å². The van der Waals surface area contributed by atoms with Crippen molar-refractivity contribution in [2.45, 2.75) is 38.1 Å². The predicted molar refractivity (Wildman–Crippen MR) is 74.7 cm³/mol. The molecule has 2 heterocycles. The summed E-state index contributed by atoms with van der Waals surface area (Å²) in [5, 5.41) is 3.32. The summed E-state index contributed by atoms with van der Waals surface area (Å²) >= 11 is 0. The SMILES string of the molecule is CN(C(=O)CCC1CCNCC1)C1CCS(=O)(=O)C1. The molecule has 1 N–H and O–H groups in total. The van der Waals surface area contributed by atoms with Gasteiger partial charge in [-0.05, 0) is 44.7 Å². The van der Waals surface area contributed by atoms with Crippen molar-refractivity contribution in [3.8, 4) is 0 Å². The molecule has 5 nitrogen and oxygen atoms in total. The molecule has 1 unspecified atom stereocenters. The van der Waals surface area contributed by atoms with Crippen LogP contribution < -0.4 is 5.32 Å². The molecule has 0 aromatic rings. The Labute approximate surface area is 115 Å². The van der Waals surface area contributed by atoms with Crippen LogP contribution in [0.25, 0.3) is 0 Å². The third kappa shape index (κ3) is 4.18. The first kappa shape index (κ1) is 14.8. The molecule has 1 atom stereocenters. The van der Waals surface area contributed by atoms with Gasteiger partial charge in [-0.2, -0.15) is 0 Å². The monoisotopic (exact) mass is 288 g/mol. The summed E-state index contributed by atoms with van der Waals surface area (Å²) in [4.78, 5) is 13.8. The Hall–Kier alpha value is -0.620. The zero-order chi connectivity index (χ0) is 13.9. The molecule has 2 fully saturated rings. The van der Waals surface area contributed by atoms with Crippen LogP contribution in [0.1, 0.15) is 32.1 Å². The molecule has 2 aliphatic heterocycles. The summed E-state index contributed by atoms with van der Waals surface area (Å²) in [6.07, 6.45) is 4.38. The molecule has 1 amide bonds. The van der Waals surface area contributed by atoms with Crippen LogP contribution in [0.15, 0.2) is 0 Å².